The molecule has 2 aromatic rings. The van der Waals surface area contributed by atoms with Crippen molar-refractivity contribution in [2.24, 2.45) is 5.92 Å². The summed E-state index contributed by atoms with van der Waals surface area (Å²) in [7, 11) is 1.81. The summed E-state index contributed by atoms with van der Waals surface area (Å²) in [5, 5.41) is 11.5. The van der Waals surface area contributed by atoms with Crippen molar-refractivity contribution >= 4 is 22.6 Å². The van der Waals surface area contributed by atoms with E-state index in [2.05, 4.69) is 41.4 Å². The van der Waals surface area contributed by atoms with Gasteiger partial charge in [-0.15, -0.1) is 25.7 Å². The summed E-state index contributed by atoms with van der Waals surface area (Å²) >= 11 is 0. The summed E-state index contributed by atoms with van der Waals surface area (Å²) in [6.45, 7) is 1.82. The number of rotatable bonds is 6. The number of hydrogen-bond donors (Lipinski definition) is 3. The largest absolute Gasteiger partial charge is 0.381 e. The predicted molar refractivity (Wildman–Crippen MR) is 122 cm³/mol. The van der Waals surface area contributed by atoms with Crippen LogP contribution in [0.15, 0.2) is 12.1 Å². The van der Waals surface area contributed by atoms with Gasteiger partial charge in [0, 0.05) is 31.7 Å². The van der Waals surface area contributed by atoms with Crippen molar-refractivity contribution in [3.8, 4) is 25.7 Å². The highest BCUT2D eigenvalue weighted by Gasteiger charge is 2.26. The molecule has 0 spiro atoms. The number of carbonyl (C=O) groups is 1. The van der Waals surface area contributed by atoms with Crippen LogP contribution < -0.4 is 16.4 Å². The van der Waals surface area contributed by atoms with Gasteiger partial charge in [0.1, 0.15) is 23.3 Å². The Morgan fingerprint density at radius 2 is 2.03 bits per heavy atom. The predicted octanol–water partition coefficient (Wildman–Crippen LogP) is 2.25. The van der Waals surface area contributed by atoms with Crippen LogP contribution in [0.1, 0.15) is 25.7 Å². The smallest absolute Gasteiger partial charge is 0.243 e. The number of unbranched alkanes of at least 4 members (excludes halogenated alkanes) is 1. The highest BCUT2D eigenvalue weighted by atomic mass is 19.1. The van der Waals surface area contributed by atoms with E-state index in [-0.39, 0.29) is 34.5 Å². The number of terminal acetylenes is 2. The standard InChI is InChI=1S/C19H24F2N6O2.2C2H2/c1-26(18(28)11-5-7-29-10-11)6-3-2-4-15-23-17-13-8-12(20)9-14(21)16(13)24-19(22)27(17)25-15;2*1-2/h8-9,11,15,22-23,25H,2-7,10H2,1H3;2*1-2H. The SMILES string of the molecule is C#C.C#C.CN(CCCCC1Nc2c3cc(F)cc(F)c3nc(=N)n2N1)C(=O)C1CCOC1. The van der Waals surface area contributed by atoms with Crippen LogP contribution >= 0.6 is 0 Å². The van der Waals surface area contributed by atoms with E-state index in [1.54, 1.807) is 4.90 Å². The average molecular weight is 459 g/mol. The number of ether oxygens (including phenoxy) is 1. The second-order valence-corrected chi connectivity index (χ2v) is 7.55. The summed E-state index contributed by atoms with van der Waals surface area (Å²) in [4.78, 5) is 18.0. The zero-order valence-electron chi connectivity index (χ0n) is 18.5. The van der Waals surface area contributed by atoms with E-state index in [1.807, 2.05) is 7.05 Å². The number of halogens is 2. The van der Waals surface area contributed by atoms with Crippen molar-refractivity contribution in [3.05, 3.63) is 29.4 Å². The third-order valence-electron chi connectivity index (χ3n) is 5.42. The molecule has 1 amide bonds. The first kappa shape index (κ1) is 25.6. The maximum Gasteiger partial charge on any atom is 0.243 e. The van der Waals surface area contributed by atoms with Crippen molar-refractivity contribution in [3.63, 3.8) is 0 Å². The first-order valence-corrected chi connectivity index (χ1v) is 10.4. The van der Waals surface area contributed by atoms with Gasteiger partial charge in [-0.05, 0) is 31.7 Å². The van der Waals surface area contributed by atoms with Crippen LogP contribution in [0.3, 0.4) is 0 Å². The molecule has 1 aromatic heterocycles. The number of anilines is 1. The van der Waals surface area contributed by atoms with Crippen LogP contribution in [0.2, 0.25) is 0 Å². The van der Waals surface area contributed by atoms with Crippen LogP contribution in [0.4, 0.5) is 14.6 Å². The molecule has 1 saturated heterocycles. The van der Waals surface area contributed by atoms with Crippen molar-refractivity contribution in [2.75, 3.05) is 37.5 Å². The van der Waals surface area contributed by atoms with Crippen LogP contribution in [-0.4, -0.2) is 53.4 Å². The van der Waals surface area contributed by atoms with Gasteiger partial charge < -0.3 is 15.0 Å². The van der Waals surface area contributed by atoms with E-state index in [4.69, 9.17) is 10.1 Å². The number of nitrogens with one attached hydrogen (secondary N) is 3. The Labute approximate surface area is 191 Å². The van der Waals surface area contributed by atoms with Gasteiger partial charge in [0.05, 0.1) is 12.5 Å². The quantitative estimate of drug-likeness (QED) is 0.456. The van der Waals surface area contributed by atoms with E-state index in [0.29, 0.717) is 25.6 Å². The molecule has 8 nitrogen and oxygen atoms in total. The van der Waals surface area contributed by atoms with Crippen molar-refractivity contribution < 1.29 is 18.3 Å². The van der Waals surface area contributed by atoms with Crippen molar-refractivity contribution in [1.82, 2.24) is 14.6 Å². The minimum atomic E-state index is -0.789. The molecule has 2 atom stereocenters. The molecule has 3 heterocycles. The van der Waals surface area contributed by atoms with Crippen LogP contribution in [-0.2, 0) is 9.53 Å². The molecule has 0 radical (unpaired) electrons. The molecule has 10 heteroatoms. The average Bonchev–Trinajstić information content (AvgIpc) is 3.50. The van der Waals surface area contributed by atoms with E-state index in [0.717, 1.165) is 31.7 Å². The summed E-state index contributed by atoms with van der Waals surface area (Å²) in [5.41, 5.74) is 2.91. The molecule has 2 aliphatic heterocycles. The van der Waals surface area contributed by atoms with E-state index in [9.17, 15) is 13.6 Å². The Morgan fingerprint density at radius 3 is 2.70 bits per heavy atom. The van der Waals surface area contributed by atoms with Crippen molar-refractivity contribution in [2.45, 2.75) is 31.8 Å². The summed E-state index contributed by atoms with van der Waals surface area (Å²) in [5.74, 6) is -0.952. The molecule has 0 aliphatic carbocycles. The minimum absolute atomic E-state index is 0.0267. The van der Waals surface area contributed by atoms with Crippen LogP contribution in [0.25, 0.3) is 10.9 Å². The van der Waals surface area contributed by atoms with Crippen LogP contribution in [0, 0.1) is 48.7 Å². The molecular formula is C23H28F2N6O2. The zero-order chi connectivity index (χ0) is 24.5. The fourth-order valence-corrected chi connectivity index (χ4v) is 3.85. The number of hydrogen-bond acceptors (Lipinski definition) is 6. The Bertz CT molecular complexity index is 1070. The lowest BCUT2D eigenvalue weighted by molar-refractivity contribution is -0.134. The third kappa shape index (κ3) is 5.79. The lowest BCUT2D eigenvalue weighted by Crippen LogP contribution is -2.34. The Hall–Kier alpha value is -3.63. The molecule has 2 unspecified atom stereocenters. The number of amides is 1. The first-order chi connectivity index (χ1) is 15.9. The van der Waals surface area contributed by atoms with Gasteiger partial charge in [0.2, 0.25) is 11.5 Å². The fraction of sp³-hybridized carbons (Fsp3) is 0.435. The maximum absolute atomic E-state index is 14.0. The maximum atomic E-state index is 14.0. The highest BCUT2D eigenvalue weighted by molar-refractivity contribution is 5.90. The van der Waals surface area contributed by atoms with E-state index >= 15 is 0 Å². The van der Waals surface area contributed by atoms with Gasteiger partial charge >= 0.3 is 0 Å². The molecule has 2 aliphatic rings. The molecule has 33 heavy (non-hydrogen) atoms. The van der Waals surface area contributed by atoms with Gasteiger partial charge in [0.25, 0.3) is 0 Å². The Kier molecular flexibility index (Phi) is 9.19. The molecule has 176 valence electrons. The molecular weight excluding hydrogens is 430 g/mol. The fourth-order valence-electron chi connectivity index (χ4n) is 3.85. The normalized spacial score (nSPS) is 18.0. The summed E-state index contributed by atoms with van der Waals surface area (Å²) in [6.07, 6.45) is 19.0. The molecule has 0 bridgehead atoms. The molecule has 4 rings (SSSR count). The lowest BCUT2D eigenvalue weighted by atomic mass is 10.1. The van der Waals surface area contributed by atoms with Gasteiger partial charge in [-0.25, -0.2) is 18.4 Å². The zero-order valence-corrected chi connectivity index (χ0v) is 18.5. The molecule has 0 saturated carbocycles. The van der Waals surface area contributed by atoms with Gasteiger partial charge in [-0.2, -0.15) is 0 Å². The Balaban J connectivity index is 0.000000914. The molecule has 1 fully saturated rings. The first-order valence-electron chi connectivity index (χ1n) is 10.4. The van der Waals surface area contributed by atoms with Crippen LogP contribution in [0.5, 0.6) is 0 Å². The third-order valence-corrected chi connectivity index (χ3v) is 5.42. The minimum Gasteiger partial charge on any atom is -0.381 e. The molecule has 1 aromatic carbocycles. The van der Waals surface area contributed by atoms with Gasteiger partial charge in [0.15, 0.2) is 5.82 Å². The number of aromatic nitrogens is 2. The number of carbonyl (C=O) groups excluding carboxylic acids is 1. The summed E-state index contributed by atoms with van der Waals surface area (Å²) < 4.78 is 34.3. The van der Waals surface area contributed by atoms with E-state index in [1.165, 1.54) is 10.7 Å². The number of nitrogens with zero attached hydrogens (tertiary/aromatic N) is 3. The van der Waals surface area contributed by atoms with Gasteiger partial charge in [-0.3, -0.25) is 15.6 Å². The second-order valence-electron chi connectivity index (χ2n) is 7.55. The van der Waals surface area contributed by atoms with Gasteiger partial charge in [-0.1, -0.05) is 0 Å². The topological polar surface area (TPSA) is 95.3 Å². The van der Waals surface area contributed by atoms with Crippen molar-refractivity contribution in [1.29, 1.82) is 5.41 Å². The monoisotopic (exact) mass is 458 g/mol. The van der Waals surface area contributed by atoms with E-state index < -0.39 is 11.6 Å². The second kappa shape index (κ2) is 11.8. The number of benzene rings is 1. The highest BCUT2D eigenvalue weighted by Crippen LogP contribution is 2.27. The number of fused-ring (bicyclic) bond motifs is 3. The Morgan fingerprint density at radius 1 is 1.30 bits per heavy atom. The molecule has 3 N–H and O–H groups in total. The lowest BCUT2D eigenvalue weighted by Gasteiger charge is -2.20. The summed E-state index contributed by atoms with van der Waals surface area (Å²) in [6, 6.07) is 1.97.